The van der Waals surface area contributed by atoms with Crippen molar-refractivity contribution < 1.29 is 23.7 Å². The van der Waals surface area contributed by atoms with Gasteiger partial charge in [-0.2, -0.15) is 0 Å². The first kappa shape index (κ1) is 63.8. The lowest BCUT2D eigenvalue weighted by Gasteiger charge is -2.41. The Morgan fingerprint density at radius 1 is 0.234 bits per heavy atom. The predicted molar refractivity (Wildman–Crippen MR) is 287 cm³/mol. The number of rotatable bonds is 53. The lowest BCUT2D eigenvalue weighted by molar-refractivity contribution is -0.935. The largest absolute Gasteiger partial charge is 0.382 e. The van der Waals surface area contributed by atoms with Gasteiger partial charge in [-0.05, 0) is 38.5 Å². The standard InChI is InChI=1S/C59H126N3O2/c1-9-12-15-18-21-24-27-30-33-36-39-42-45-48-51-60(4,5)54-58(63)56-62(8,53-50-47-44-41-38-35-32-29-26-23-20-17-14-11-3)57-59(64)55-61(6,7)52-49-46-43-40-37-34-31-28-25-22-19-16-13-10-2/h58-59,63-64H,9-57H2,1-8H3/q+3. The summed E-state index contributed by atoms with van der Waals surface area (Å²) in [5, 5.41) is 23.3. The summed E-state index contributed by atoms with van der Waals surface area (Å²) in [6, 6.07) is 0. The molecule has 5 nitrogen and oxygen atoms in total. The molecule has 0 bridgehead atoms. The summed E-state index contributed by atoms with van der Waals surface area (Å²) in [4.78, 5) is 0. The molecule has 2 unspecified atom stereocenters. The van der Waals surface area contributed by atoms with Gasteiger partial charge in [0.15, 0.2) is 12.2 Å². The van der Waals surface area contributed by atoms with E-state index in [2.05, 4.69) is 56.0 Å². The van der Waals surface area contributed by atoms with Gasteiger partial charge in [-0.1, -0.05) is 252 Å². The van der Waals surface area contributed by atoms with E-state index in [1.54, 1.807) is 0 Å². The Balaban J connectivity index is 4.74. The number of hydrogen-bond acceptors (Lipinski definition) is 2. The van der Waals surface area contributed by atoms with E-state index >= 15 is 0 Å². The molecule has 0 fully saturated rings. The Bertz CT molecular complexity index is 870. The zero-order valence-corrected chi connectivity index (χ0v) is 46.0. The maximum Gasteiger partial charge on any atom is 0.152 e. The molecule has 0 aliphatic carbocycles. The highest BCUT2D eigenvalue weighted by Crippen LogP contribution is 2.19. The van der Waals surface area contributed by atoms with E-state index in [1.807, 2.05) is 0 Å². The van der Waals surface area contributed by atoms with Gasteiger partial charge in [-0.25, -0.2) is 0 Å². The van der Waals surface area contributed by atoms with Crippen LogP contribution in [0.25, 0.3) is 0 Å². The fraction of sp³-hybridized carbons (Fsp3) is 1.00. The van der Waals surface area contributed by atoms with Crippen molar-refractivity contribution in [2.45, 2.75) is 303 Å². The second kappa shape index (κ2) is 45.3. The van der Waals surface area contributed by atoms with Crippen molar-refractivity contribution in [3.8, 4) is 0 Å². The lowest BCUT2D eigenvalue weighted by atomic mass is 10.0. The Kier molecular flexibility index (Phi) is 45.1. The van der Waals surface area contributed by atoms with Crippen molar-refractivity contribution in [2.24, 2.45) is 0 Å². The van der Waals surface area contributed by atoms with Gasteiger partial charge in [-0.15, -0.1) is 0 Å². The van der Waals surface area contributed by atoms with E-state index in [1.165, 1.54) is 270 Å². The van der Waals surface area contributed by atoms with Gasteiger partial charge in [0.05, 0.1) is 54.9 Å². The minimum absolute atomic E-state index is 0.344. The van der Waals surface area contributed by atoms with E-state index in [-0.39, 0.29) is 12.2 Å². The number of unbranched alkanes of at least 4 members (excludes halogenated alkanes) is 39. The summed E-state index contributed by atoms with van der Waals surface area (Å²) >= 11 is 0. The van der Waals surface area contributed by atoms with Crippen LogP contribution in [0.2, 0.25) is 0 Å². The molecule has 2 N–H and O–H groups in total. The topological polar surface area (TPSA) is 40.5 Å². The fourth-order valence-electron chi connectivity index (χ4n) is 10.9. The predicted octanol–water partition coefficient (Wildman–Crippen LogP) is 16.8. The number of aliphatic hydroxyl groups excluding tert-OH is 2. The summed E-state index contributed by atoms with van der Waals surface area (Å²) in [6.45, 7) is 13.4. The zero-order valence-electron chi connectivity index (χ0n) is 46.0. The van der Waals surface area contributed by atoms with Crippen molar-refractivity contribution in [3.63, 3.8) is 0 Å². The highest BCUT2D eigenvalue weighted by atomic mass is 16.3. The number of aliphatic hydroxyl groups is 2. The molecule has 2 atom stereocenters. The highest BCUT2D eigenvalue weighted by Gasteiger charge is 2.34. The molecule has 0 radical (unpaired) electrons. The van der Waals surface area contributed by atoms with Crippen LogP contribution >= 0.6 is 0 Å². The molecule has 0 amide bonds. The number of nitrogens with zero attached hydrogens (tertiary/aromatic N) is 3. The van der Waals surface area contributed by atoms with Gasteiger partial charge < -0.3 is 23.7 Å². The third-order valence-corrected chi connectivity index (χ3v) is 15.0. The number of likely N-dealkylation sites (N-methyl/N-ethyl adjacent to an activating group) is 3. The molecule has 0 spiro atoms. The summed E-state index contributed by atoms with van der Waals surface area (Å²) in [5.41, 5.74) is 0. The van der Waals surface area contributed by atoms with Crippen molar-refractivity contribution in [2.75, 3.05) is 81.1 Å². The molecule has 0 aromatic rings. The molecule has 0 aliphatic rings. The Labute approximate surface area is 405 Å². The Hall–Kier alpha value is -0.200. The van der Waals surface area contributed by atoms with Crippen LogP contribution in [0, 0.1) is 0 Å². The van der Waals surface area contributed by atoms with Crippen molar-refractivity contribution in [1.29, 1.82) is 0 Å². The first-order chi connectivity index (χ1) is 30.9. The number of hydrogen-bond donors (Lipinski definition) is 2. The Morgan fingerprint density at radius 2 is 0.406 bits per heavy atom. The molecule has 0 aliphatic heterocycles. The molecule has 0 saturated carbocycles. The summed E-state index contributed by atoms with van der Waals surface area (Å²) in [7, 11) is 11.7. The molecule has 0 aromatic carbocycles. The SMILES string of the molecule is CCCCCCCCCCCCCCCC[N+](C)(C)CC(O)C[N+](C)(CCCCCCCCCCCCCCCC)CC(O)C[N+](C)(C)CCCCCCCCCCCCCCCC. The van der Waals surface area contributed by atoms with E-state index < -0.39 is 0 Å². The second-order valence-electron chi connectivity index (χ2n) is 23.5. The first-order valence-corrected chi connectivity index (χ1v) is 29.7. The molecule has 0 aromatic heterocycles. The van der Waals surface area contributed by atoms with Gasteiger partial charge in [0, 0.05) is 0 Å². The maximum absolute atomic E-state index is 11.7. The third-order valence-electron chi connectivity index (χ3n) is 15.0. The molecule has 0 saturated heterocycles. The fourth-order valence-corrected chi connectivity index (χ4v) is 10.9. The van der Waals surface area contributed by atoms with E-state index in [9.17, 15) is 10.2 Å². The second-order valence-corrected chi connectivity index (χ2v) is 23.5. The minimum atomic E-state index is -0.344. The molecule has 386 valence electrons. The van der Waals surface area contributed by atoms with Crippen molar-refractivity contribution in [1.82, 2.24) is 0 Å². The summed E-state index contributed by atoms with van der Waals surface area (Å²) in [6.07, 6.45) is 57.7. The molecule has 5 heteroatoms. The van der Waals surface area contributed by atoms with Gasteiger partial charge in [0.25, 0.3) is 0 Å². The average molecular weight is 910 g/mol. The van der Waals surface area contributed by atoms with Crippen LogP contribution in [0.3, 0.4) is 0 Å². The van der Waals surface area contributed by atoms with Crippen LogP contribution in [0.5, 0.6) is 0 Å². The lowest BCUT2D eigenvalue weighted by Crippen LogP contribution is -2.59. The van der Waals surface area contributed by atoms with Crippen molar-refractivity contribution in [3.05, 3.63) is 0 Å². The van der Waals surface area contributed by atoms with E-state index in [0.29, 0.717) is 0 Å². The minimum Gasteiger partial charge on any atom is -0.382 e. The van der Waals surface area contributed by atoms with Gasteiger partial charge in [0.2, 0.25) is 0 Å². The zero-order chi connectivity index (χ0) is 47.3. The molecular formula is C59H126N3O2+3. The first-order valence-electron chi connectivity index (χ1n) is 29.7. The van der Waals surface area contributed by atoms with Gasteiger partial charge in [0.1, 0.15) is 26.2 Å². The normalized spacial score (nSPS) is 14.3. The van der Waals surface area contributed by atoms with Crippen LogP contribution in [0.15, 0.2) is 0 Å². The van der Waals surface area contributed by atoms with Gasteiger partial charge in [-0.3, -0.25) is 0 Å². The molecular weight excluding hydrogens is 783 g/mol. The maximum atomic E-state index is 11.7. The van der Waals surface area contributed by atoms with Gasteiger partial charge >= 0.3 is 0 Å². The third kappa shape index (κ3) is 45.6. The summed E-state index contributed by atoms with van der Waals surface area (Å²) in [5.74, 6) is 0. The smallest absolute Gasteiger partial charge is 0.152 e. The quantitative estimate of drug-likeness (QED) is 0.0472. The molecule has 64 heavy (non-hydrogen) atoms. The molecule has 0 heterocycles. The van der Waals surface area contributed by atoms with Crippen molar-refractivity contribution >= 4 is 0 Å². The van der Waals surface area contributed by atoms with Crippen LogP contribution in [-0.4, -0.2) is 117 Å². The Morgan fingerprint density at radius 3 is 0.609 bits per heavy atom. The summed E-state index contributed by atoms with van der Waals surface area (Å²) < 4.78 is 2.58. The van der Waals surface area contributed by atoms with E-state index in [0.717, 1.165) is 59.3 Å². The van der Waals surface area contributed by atoms with Crippen LogP contribution in [-0.2, 0) is 0 Å². The van der Waals surface area contributed by atoms with Crippen LogP contribution < -0.4 is 0 Å². The monoisotopic (exact) mass is 909 g/mol. The molecule has 0 rings (SSSR count). The highest BCUT2D eigenvalue weighted by molar-refractivity contribution is 4.62. The van der Waals surface area contributed by atoms with E-state index in [4.69, 9.17) is 0 Å². The number of quaternary nitrogens is 3. The van der Waals surface area contributed by atoms with Crippen LogP contribution in [0.1, 0.15) is 290 Å². The van der Waals surface area contributed by atoms with Crippen LogP contribution in [0.4, 0.5) is 0 Å². The average Bonchev–Trinajstić information content (AvgIpc) is 3.23.